The molecule has 0 unspecified atom stereocenters. The number of methoxy groups -OCH3 is 1. The van der Waals surface area contributed by atoms with E-state index in [1.165, 1.54) is 0 Å². The topological polar surface area (TPSA) is 48.2 Å². The van der Waals surface area contributed by atoms with Crippen molar-refractivity contribution in [3.8, 4) is 5.75 Å². The molecular weight excluding hydrogens is 156 g/mol. The van der Waals surface area contributed by atoms with Crippen LogP contribution in [-0.2, 0) is 0 Å². The van der Waals surface area contributed by atoms with Crippen molar-refractivity contribution < 1.29 is 9.37 Å². The van der Waals surface area contributed by atoms with Gasteiger partial charge in [0, 0.05) is 0 Å². The minimum Gasteiger partial charge on any atom is -0.494 e. The monoisotopic (exact) mass is 164 g/mol. The average Bonchev–Trinajstić information content (AvgIpc) is 2.50. The number of ether oxygens (including phenoxy) is 1. The Kier molecular flexibility index (Phi) is 1.46. The highest BCUT2D eigenvalue weighted by Crippen LogP contribution is 2.23. The van der Waals surface area contributed by atoms with Gasteiger partial charge in [0.25, 0.3) is 0 Å². The molecule has 1 aromatic heterocycles. The van der Waals surface area contributed by atoms with E-state index in [0.29, 0.717) is 11.3 Å². The van der Waals surface area contributed by atoms with Crippen LogP contribution < -0.4 is 4.74 Å². The van der Waals surface area contributed by atoms with Crippen LogP contribution >= 0.6 is 0 Å². The fourth-order valence-corrected chi connectivity index (χ4v) is 1.15. The second-order valence-electron chi connectivity index (χ2n) is 2.60. The van der Waals surface area contributed by atoms with Gasteiger partial charge in [-0.1, -0.05) is 0 Å². The maximum absolute atomic E-state index is 5.10. The van der Waals surface area contributed by atoms with Crippen molar-refractivity contribution in [2.24, 2.45) is 0 Å². The van der Waals surface area contributed by atoms with Crippen LogP contribution in [0.1, 0.15) is 5.56 Å². The molecule has 0 fully saturated rings. The molecule has 0 spiro atoms. The molecule has 4 nitrogen and oxygen atoms in total. The molecule has 2 aromatic rings. The van der Waals surface area contributed by atoms with Crippen molar-refractivity contribution in [2.45, 2.75) is 6.92 Å². The first kappa shape index (κ1) is 7.09. The second-order valence-corrected chi connectivity index (χ2v) is 2.60. The Labute approximate surface area is 69.1 Å². The van der Waals surface area contributed by atoms with Gasteiger partial charge in [-0.05, 0) is 34.9 Å². The van der Waals surface area contributed by atoms with Crippen LogP contribution in [0.4, 0.5) is 0 Å². The number of hydrogen-bond donors (Lipinski definition) is 0. The summed E-state index contributed by atoms with van der Waals surface area (Å²) >= 11 is 0. The fourth-order valence-electron chi connectivity index (χ4n) is 1.15. The summed E-state index contributed by atoms with van der Waals surface area (Å²) in [5.41, 5.74) is 2.48. The number of aromatic nitrogens is 2. The van der Waals surface area contributed by atoms with Crippen molar-refractivity contribution in [1.82, 2.24) is 10.3 Å². The lowest BCUT2D eigenvalue weighted by atomic mass is 10.2. The van der Waals surface area contributed by atoms with Gasteiger partial charge in [0.05, 0.1) is 7.11 Å². The normalized spacial score (nSPS) is 10.5. The molecule has 12 heavy (non-hydrogen) atoms. The number of hydrogen-bond acceptors (Lipinski definition) is 4. The van der Waals surface area contributed by atoms with E-state index in [-0.39, 0.29) is 0 Å². The summed E-state index contributed by atoms with van der Waals surface area (Å²) in [5.74, 6) is 0.700. The predicted octanol–water partition coefficient (Wildman–Crippen LogP) is 1.54. The summed E-state index contributed by atoms with van der Waals surface area (Å²) in [6.45, 7) is 1.97. The zero-order valence-corrected chi connectivity index (χ0v) is 6.87. The number of benzene rings is 1. The predicted molar refractivity (Wildman–Crippen MR) is 43.1 cm³/mol. The number of fused-ring (bicyclic) bond motifs is 1. The minimum absolute atomic E-state index is 0.670. The molecule has 0 N–H and O–H groups in total. The van der Waals surface area contributed by atoms with Crippen LogP contribution in [0, 0.1) is 6.92 Å². The number of aryl methyl sites for hydroxylation is 1. The molecule has 4 heteroatoms. The second kappa shape index (κ2) is 2.48. The zero-order chi connectivity index (χ0) is 8.55. The molecule has 2 rings (SSSR count). The lowest BCUT2D eigenvalue weighted by Crippen LogP contribution is -1.85. The molecule has 1 heterocycles. The Bertz CT molecular complexity index is 408. The van der Waals surface area contributed by atoms with E-state index in [9.17, 15) is 0 Å². The smallest absolute Gasteiger partial charge is 0.177 e. The van der Waals surface area contributed by atoms with E-state index in [2.05, 4.69) is 14.9 Å². The fraction of sp³-hybridized carbons (Fsp3) is 0.250. The van der Waals surface area contributed by atoms with E-state index in [0.717, 1.165) is 11.1 Å². The van der Waals surface area contributed by atoms with Gasteiger partial charge >= 0.3 is 0 Å². The van der Waals surface area contributed by atoms with Crippen LogP contribution in [0.15, 0.2) is 16.8 Å². The van der Waals surface area contributed by atoms with Crippen LogP contribution in [0.5, 0.6) is 5.75 Å². The van der Waals surface area contributed by atoms with Gasteiger partial charge < -0.3 is 4.74 Å². The molecule has 0 amide bonds. The highest BCUT2D eigenvalue weighted by atomic mass is 16.6. The third kappa shape index (κ3) is 0.922. The molecular formula is C8H8N2O2. The van der Waals surface area contributed by atoms with E-state index < -0.39 is 0 Å². The Morgan fingerprint density at radius 1 is 1.33 bits per heavy atom. The van der Waals surface area contributed by atoms with Crippen molar-refractivity contribution in [1.29, 1.82) is 0 Å². The van der Waals surface area contributed by atoms with Crippen molar-refractivity contribution >= 4 is 11.0 Å². The molecule has 0 aliphatic rings. The van der Waals surface area contributed by atoms with Gasteiger partial charge in [-0.15, -0.1) is 0 Å². The van der Waals surface area contributed by atoms with Gasteiger partial charge in [0.2, 0.25) is 0 Å². The van der Waals surface area contributed by atoms with Crippen LogP contribution in [0.25, 0.3) is 11.0 Å². The minimum atomic E-state index is 0.670. The molecule has 0 aliphatic heterocycles. The van der Waals surface area contributed by atoms with Crippen molar-refractivity contribution in [2.75, 3.05) is 7.11 Å². The standard InChI is InChI=1S/C8H8N2O2/c1-5-3-6-8(10-12-9-6)7(4-5)11-2/h3-4H,1-2H3. The van der Waals surface area contributed by atoms with Crippen LogP contribution in [-0.4, -0.2) is 17.4 Å². The molecule has 1 aromatic carbocycles. The SMILES string of the molecule is COc1cc(C)cc2nonc12. The molecule has 0 saturated heterocycles. The summed E-state index contributed by atoms with van der Waals surface area (Å²) in [6.07, 6.45) is 0. The lowest BCUT2D eigenvalue weighted by molar-refractivity contribution is 0.314. The Hall–Kier alpha value is -1.58. The van der Waals surface area contributed by atoms with Gasteiger partial charge in [-0.2, -0.15) is 0 Å². The van der Waals surface area contributed by atoms with Gasteiger partial charge in [-0.3, -0.25) is 0 Å². The Morgan fingerprint density at radius 3 is 2.92 bits per heavy atom. The third-order valence-electron chi connectivity index (χ3n) is 1.69. The molecule has 0 aliphatic carbocycles. The Morgan fingerprint density at radius 2 is 2.17 bits per heavy atom. The molecule has 0 saturated carbocycles. The molecule has 0 atom stereocenters. The van der Waals surface area contributed by atoms with E-state index in [1.807, 2.05) is 19.1 Å². The first-order valence-electron chi connectivity index (χ1n) is 3.58. The number of rotatable bonds is 1. The largest absolute Gasteiger partial charge is 0.494 e. The highest BCUT2D eigenvalue weighted by molar-refractivity contribution is 5.80. The first-order chi connectivity index (χ1) is 5.81. The van der Waals surface area contributed by atoms with Crippen molar-refractivity contribution in [3.05, 3.63) is 17.7 Å². The van der Waals surface area contributed by atoms with Crippen LogP contribution in [0.2, 0.25) is 0 Å². The maximum Gasteiger partial charge on any atom is 0.177 e. The van der Waals surface area contributed by atoms with E-state index in [4.69, 9.17) is 4.74 Å². The summed E-state index contributed by atoms with van der Waals surface area (Å²) in [4.78, 5) is 0. The average molecular weight is 164 g/mol. The van der Waals surface area contributed by atoms with Gasteiger partial charge in [0.15, 0.2) is 11.3 Å². The molecule has 0 radical (unpaired) electrons. The van der Waals surface area contributed by atoms with Gasteiger partial charge in [0.1, 0.15) is 5.52 Å². The molecule has 62 valence electrons. The summed E-state index contributed by atoms with van der Waals surface area (Å²) in [5, 5.41) is 7.44. The molecule has 0 bridgehead atoms. The van der Waals surface area contributed by atoms with Gasteiger partial charge in [-0.25, -0.2) is 4.63 Å². The first-order valence-corrected chi connectivity index (χ1v) is 3.58. The summed E-state index contributed by atoms with van der Waals surface area (Å²) in [7, 11) is 1.60. The Balaban J connectivity index is 2.80. The van der Waals surface area contributed by atoms with E-state index >= 15 is 0 Å². The quantitative estimate of drug-likeness (QED) is 0.641. The maximum atomic E-state index is 5.10. The highest BCUT2D eigenvalue weighted by Gasteiger charge is 2.07. The van der Waals surface area contributed by atoms with Crippen LogP contribution in [0.3, 0.4) is 0 Å². The summed E-state index contributed by atoms with van der Waals surface area (Å²) in [6, 6.07) is 3.79. The summed E-state index contributed by atoms with van der Waals surface area (Å²) < 4.78 is 9.69. The van der Waals surface area contributed by atoms with E-state index in [1.54, 1.807) is 7.11 Å². The third-order valence-corrected chi connectivity index (χ3v) is 1.69. The van der Waals surface area contributed by atoms with Crippen molar-refractivity contribution in [3.63, 3.8) is 0 Å². The zero-order valence-electron chi connectivity index (χ0n) is 6.87. The lowest BCUT2D eigenvalue weighted by Gasteiger charge is -1.99. The number of nitrogens with zero attached hydrogens (tertiary/aromatic N) is 2.